The SMILES string of the molecule is CO[C@H]1C[C@@H](N[C@H]2CCN(C)C2)C1. The average molecular weight is 184 g/mol. The van der Waals surface area contributed by atoms with Crippen molar-refractivity contribution in [2.45, 2.75) is 37.5 Å². The summed E-state index contributed by atoms with van der Waals surface area (Å²) in [5.41, 5.74) is 0. The smallest absolute Gasteiger partial charge is 0.0601 e. The number of nitrogens with one attached hydrogen (secondary N) is 1. The maximum absolute atomic E-state index is 5.25. The largest absolute Gasteiger partial charge is 0.381 e. The van der Waals surface area contributed by atoms with Crippen LogP contribution in [-0.2, 0) is 4.74 Å². The molecule has 0 amide bonds. The molecule has 3 nitrogen and oxygen atoms in total. The van der Waals surface area contributed by atoms with Gasteiger partial charge in [-0.2, -0.15) is 0 Å². The van der Waals surface area contributed by atoms with Crippen LogP contribution in [0.25, 0.3) is 0 Å². The standard InChI is InChI=1S/C10H20N2O/c1-12-4-3-8(7-12)11-9-5-10(6-9)13-2/h8-11H,3-7H2,1-2H3/t8-,9-,10+/m0/s1. The van der Waals surface area contributed by atoms with Crippen LogP contribution in [0.15, 0.2) is 0 Å². The van der Waals surface area contributed by atoms with E-state index in [0.717, 1.165) is 12.1 Å². The highest BCUT2D eigenvalue weighted by molar-refractivity contribution is 4.90. The maximum atomic E-state index is 5.25. The molecule has 13 heavy (non-hydrogen) atoms. The fourth-order valence-electron chi connectivity index (χ4n) is 2.30. The predicted octanol–water partition coefficient (Wildman–Crippen LogP) is 0.457. The first-order chi connectivity index (χ1) is 6.28. The highest BCUT2D eigenvalue weighted by Crippen LogP contribution is 2.23. The fourth-order valence-corrected chi connectivity index (χ4v) is 2.30. The Labute approximate surface area is 80.4 Å². The van der Waals surface area contributed by atoms with Crippen LogP contribution < -0.4 is 5.32 Å². The number of ether oxygens (including phenoxy) is 1. The van der Waals surface area contributed by atoms with Crippen molar-refractivity contribution in [1.29, 1.82) is 0 Å². The van der Waals surface area contributed by atoms with Gasteiger partial charge < -0.3 is 15.0 Å². The van der Waals surface area contributed by atoms with Crippen molar-refractivity contribution < 1.29 is 4.74 Å². The van der Waals surface area contributed by atoms with Crippen LogP contribution in [0.1, 0.15) is 19.3 Å². The lowest BCUT2D eigenvalue weighted by atomic mass is 9.88. The molecule has 2 aliphatic rings. The van der Waals surface area contributed by atoms with E-state index >= 15 is 0 Å². The van der Waals surface area contributed by atoms with Crippen molar-refractivity contribution in [2.24, 2.45) is 0 Å². The van der Waals surface area contributed by atoms with Crippen LogP contribution in [-0.4, -0.2) is 50.3 Å². The minimum atomic E-state index is 0.525. The van der Waals surface area contributed by atoms with E-state index in [9.17, 15) is 0 Å². The molecule has 2 rings (SSSR count). The lowest BCUT2D eigenvalue weighted by molar-refractivity contribution is 0.0146. The Morgan fingerprint density at radius 2 is 2.08 bits per heavy atom. The van der Waals surface area contributed by atoms with E-state index in [0.29, 0.717) is 6.10 Å². The second kappa shape index (κ2) is 3.95. The molecule has 1 saturated carbocycles. The third-order valence-corrected chi connectivity index (χ3v) is 3.29. The van der Waals surface area contributed by atoms with Crippen LogP contribution >= 0.6 is 0 Å². The van der Waals surface area contributed by atoms with Crippen LogP contribution in [0.3, 0.4) is 0 Å². The lowest BCUT2D eigenvalue weighted by Crippen LogP contribution is -2.49. The summed E-state index contributed by atoms with van der Waals surface area (Å²) in [6.45, 7) is 2.46. The molecule has 1 saturated heterocycles. The number of hydrogen-bond acceptors (Lipinski definition) is 3. The molecule has 0 aromatic heterocycles. The van der Waals surface area contributed by atoms with Gasteiger partial charge in [0.25, 0.3) is 0 Å². The molecule has 1 aliphatic heterocycles. The van der Waals surface area contributed by atoms with Crippen LogP contribution in [0.5, 0.6) is 0 Å². The van der Waals surface area contributed by atoms with Crippen LogP contribution in [0, 0.1) is 0 Å². The molecule has 0 radical (unpaired) electrons. The van der Waals surface area contributed by atoms with E-state index in [-0.39, 0.29) is 0 Å². The van der Waals surface area contributed by atoms with Gasteiger partial charge in [-0.25, -0.2) is 0 Å². The van der Waals surface area contributed by atoms with Crippen LogP contribution in [0.4, 0.5) is 0 Å². The first kappa shape index (κ1) is 9.44. The summed E-state index contributed by atoms with van der Waals surface area (Å²) in [4.78, 5) is 2.39. The highest BCUT2D eigenvalue weighted by Gasteiger charge is 2.31. The maximum Gasteiger partial charge on any atom is 0.0601 e. The summed E-state index contributed by atoms with van der Waals surface area (Å²) < 4.78 is 5.25. The normalized spacial score (nSPS) is 40.6. The van der Waals surface area contributed by atoms with Gasteiger partial charge in [0, 0.05) is 25.7 Å². The summed E-state index contributed by atoms with van der Waals surface area (Å²) in [5, 5.41) is 3.69. The second-order valence-electron chi connectivity index (χ2n) is 4.44. The van der Waals surface area contributed by atoms with E-state index in [1.807, 2.05) is 7.11 Å². The molecule has 2 fully saturated rings. The van der Waals surface area contributed by atoms with Gasteiger partial charge in [0.05, 0.1) is 6.10 Å². The molecule has 0 unspecified atom stereocenters. The summed E-state index contributed by atoms with van der Waals surface area (Å²) in [7, 11) is 4.00. The van der Waals surface area contributed by atoms with Crippen LogP contribution in [0.2, 0.25) is 0 Å². The van der Waals surface area contributed by atoms with E-state index in [1.165, 1.54) is 32.4 Å². The number of nitrogens with zero attached hydrogens (tertiary/aromatic N) is 1. The molecule has 0 bridgehead atoms. The number of likely N-dealkylation sites (tertiary alicyclic amines) is 1. The minimum Gasteiger partial charge on any atom is -0.381 e. The molecule has 76 valence electrons. The van der Waals surface area contributed by atoms with Gasteiger partial charge in [-0.05, 0) is 32.9 Å². The van der Waals surface area contributed by atoms with Crippen molar-refractivity contribution in [2.75, 3.05) is 27.2 Å². The Balaban J connectivity index is 1.64. The molecule has 1 N–H and O–H groups in total. The Morgan fingerprint density at radius 1 is 1.31 bits per heavy atom. The van der Waals surface area contributed by atoms with Gasteiger partial charge in [-0.1, -0.05) is 0 Å². The first-order valence-corrected chi connectivity index (χ1v) is 5.25. The number of rotatable bonds is 3. The Bertz CT molecular complexity index is 168. The zero-order valence-corrected chi connectivity index (χ0v) is 8.62. The fraction of sp³-hybridized carbons (Fsp3) is 1.00. The van der Waals surface area contributed by atoms with Gasteiger partial charge in [-0.15, -0.1) is 0 Å². The molecule has 0 aromatic carbocycles. The zero-order valence-electron chi connectivity index (χ0n) is 8.62. The number of likely N-dealkylation sites (N-methyl/N-ethyl adjacent to an activating group) is 1. The highest BCUT2D eigenvalue weighted by atomic mass is 16.5. The zero-order chi connectivity index (χ0) is 9.26. The van der Waals surface area contributed by atoms with Crippen molar-refractivity contribution in [3.05, 3.63) is 0 Å². The summed E-state index contributed by atoms with van der Waals surface area (Å²) in [6, 6.07) is 1.45. The van der Waals surface area contributed by atoms with Gasteiger partial charge in [0.2, 0.25) is 0 Å². The molecule has 1 atom stereocenters. The molecule has 1 heterocycles. The molecule has 1 aliphatic carbocycles. The van der Waals surface area contributed by atoms with Crippen molar-refractivity contribution >= 4 is 0 Å². The van der Waals surface area contributed by atoms with Crippen molar-refractivity contribution in [3.8, 4) is 0 Å². The molecule has 0 aromatic rings. The number of hydrogen-bond donors (Lipinski definition) is 1. The lowest BCUT2D eigenvalue weighted by Gasteiger charge is -2.36. The second-order valence-corrected chi connectivity index (χ2v) is 4.44. The predicted molar refractivity (Wildman–Crippen MR) is 52.9 cm³/mol. The van der Waals surface area contributed by atoms with E-state index in [2.05, 4.69) is 17.3 Å². The van der Waals surface area contributed by atoms with Crippen molar-refractivity contribution in [1.82, 2.24) is 10.2 Å². The Kier molecular flexibility index (Phi) is 2.86. The number of methoxy groups -OCH3 is 1. The van der Waals surface area contributed by atoms with E-state index < -0.39 is 0 Å². The molecular weight excluding hydrogens is 164 g/mol. The Morgan fingerprint density at radius 3 is 2.62 bits per heavy atom. The molecule has 0 spiro atoms. The van der Waals surface area contributed by atoms with Gasteiger partial charge in [-0.3, -0.25) is 0 Å². The monoisotopic (exact) mass is 184 g/mol. The molecule has 3 heteroatoms. The van der Waals surface area contributed by atoms with Gasteiger partial charge in [0.1, 0.15) is 0 Å². The van der Waals surface area contributed by atoms with E-state index in [4.69, 9.17) is 4.74 Å². The van der Waals surface area contributed by atoms with E-state index in [1.54, 1.807) is 0 Å². The van der Waals surface area contributed by atoms with Gasteiger partial charge in [0.15, 0.2) is 0 Å². The minimum absolute atomic E-state index is 0.525. The van der Waals surface area contributed by atoms with Gasteiger partial charge >= 0.3 is 0 Å². The Hall–Kier alpha value is -0.120. The first-order valence-electron chi connectivity index (χ1n) is 5.25. The summed E-state index contributed by atoms with van der Waals surface area (Å²) in [6.07, 6.45) is 4.24. The summed E-state index contributed by atoms with van der Waals surface area (Å²) >= 11 is 0. The average Bonchev–Trinajstić information content (AvgIpc) is 2.43. The van der Waals surface area contributed by atoms with Crippen molar-refractivity contribution in [3.63, 3.8) is 0 Å². The third-order valence-electron chi connectivity index (χ3n) is 3.29. The topological polar surface area (TPSA) is 24.5 Å². The summed E-state index contributed by atoms with van der Waals surface area (Å²) in [5.74, 6) is 0. The quantitative estimate of drug-likeness (QED) is 0.689. The third kappa shape index (κ3) is 2.22. The molecular formula is C10H20N2O.